The smallest absolute Gasteiger partial charge is 0.241 e. The lowest BCUT2D eigenvalue weighted by atomic mass is 10.2. The third-order valence-corrected chi connectivity index (χ3v) is 3.41. The van der Waals surface area contributed by atoms with Crippen molar-refractivity contribution in [1.29, 1.82) is 0 Å². The fourth-order valence-electron chi connectivity index (χ4n) is 2.45. The van der Waals surface area contributed by atoms with Crippen LogP contribution in [0, 0.1) is 5.92 Å². The maximum Gasteiger partial charge on any atom is 0.241 e. The van der Waals surface area contributed by atoms with Gasteiger partial charge in [0.05, 0.1) is 12.2 Å². The molecule has 1 amide bonds. The van der Waals surface area contributed by atoms with Crippen molar-refractivity contribution in [2.45, 2.75) is 58.3 Å². The van der Waals surface area contributed by atoms with E-state index in [1.54, 1.807) is 0 Å². The van der Waals surface area contributed by atoms with Crippen LogP contribution in [0.1, 0.15) is 40.0 Å². The van der Waals surface area contributed by atoms with Crippen LogP contribution in [0.15, 0.2) is 0 Å². The first-order valence-corrected chi connectivity index (χ1v) is 5.73. The fraction of sp³-hybridized carbons (Fsp3) is 0.909. The number of carbonyl (C=O) groups excluding carboxylic acids is 1. The number of nitrogens with one attached hydrogen (secondary N) is 1. The van der Waals surface area contributed by atoms with Crippen molar-refractivity contribution in [3.05, 3.63) is 0 Å². The van der Waals surface area contributed by atoms with Crippen LogP contribution in [0.2, 0.25) is 0 Å². The Morgan fingerprint density at radius 2 is 2.14 bits per heavy atom. The number of carbonyl (C=O) groups is 1. The highest BCUT2D eigenvalue weighted by atomic mass is 16.2. The molecule has 0 aromatic carbocycles. The molecule has 14 heavy (non-hydrogen) atoms. The molecular weight excluding hydrogens is 176 g/mol. The van der Waals surface area contributed by atoms with E-state index in [0.29, 0.717) is 17.9 Å². The SMILES string of the molecule is CCCC1NC(C)N(C2CC2C)C1=O. The molecule has 0 aromatic heterocycles. The van der Waals surface area contributed by atoms with E-state index in [0.717, 1.165) is 12.8 Å². The predicted molar refractivity (Wildman–Crippen MR) is 55.7 cm³/mol. The van der Waals surface area contributed by atoms with E-state index in [1.165, 1.54) is 6.42 Å². The lowest BCUT2D eigenvalue weighted by Gasteiger charge is -2.20. The van der Waals surface area contributed by atoms with Gasteiger partial charge in [-0.25, -0.2) is 0 Å². The molecule has 0 aromatic rings. The van der Waals surface area contributed by atoms with Gasteiger partial charge < -0.3 is 4.90 Å². The summed E-state index contributed by atoms with van der Waals surface area (Å²) in [7, 11) is 0. The standard InChI is InChI=1S/C11H20N2O/c1-4-5-9-11(14)13(8(3)12-9)10-6-7(10)2/h7-10,12H,4-6H2,1-3H3. The summed E-state index contributed by atoms with van der Waals surface area (Å²) in [6, 6.07) is 0.606. The highest BCUT2D eigenvalue weighted by Gasteiger charge is 2.47. The first kappa shape index (κ1) is 9.97. The van der Waals surface area contributed by atoms with Crippen LogP contribution in [0.5, 0.6) is 0 Å². The number of nitrogens with zero attached hydrogens (tertiary/aromatic N) is 1. The highest BCUT2D eigenvalue weighted by molar-refractivity contribution is 5.84. The quantitative estimate of drug-likeness (QED) is 0.739. The molecular formula is C11H20N2O. The first-order valence-electron chi connectivity index (χ1n) is 5.73. The van der Waals surface area contributed by atoms with Crippen molar-refractivity contribution in [3.8, 4) is 0 Å². The Hall–Kier alpha value is -0.570. The normalized spacial score (nSPS) is 41.9. The van der Waals surface area contributed by atoms with Crippen molar-refractivity contribution < 1.29 is 4.79 Å². The Morgan fingerprint density at radius 3 is 2.64 bits per heavy atom. The van der Waals surface area contributed by atoms with E-state index in [4.69, 9.17) is 0 Å². The van der Waals surface area contributed by atoms with E-state index < -0.39 is 0 Å². The average Bonchev–Trinajstić information content (AvgIpc) is 2.75. The van der Waals surface area contributed by atoms with Gasteiger partial charge in [-0.3, -0.25) is 10.1 Å². The lowest BCUT2D eigenvalue weighted by molar-refractivity contribution is -0.130. The number of hydrogen-bond acceptors (Lipinski definition) is 2. The second-order valence-electron chi connectivity index (χ2n) is 4.71. The summed E-state index contributed by atoms with van der Waals surface area (Å²) in [5.41, 5.74) is 0. The summed E-state index contributed by atoms with van der Waals surface area (Å²) < 4.78 is 0. The molecule has 2 fully saturated rings. The summed E-state index contributed by atoms with van der Waals surface area (Å²) in [5, 5.41) is 3.37. The number of rotatable bonds is 3. The van der Waals surface area contributed by atoms with E-state index in [1.807, 2.05) is 0 Å². The third-order valence-electron chi connectivity index (χ3n) is 3.41. The molecule has 80 valence electrons. The predicted octanol–water partition coefficient (Wildman–Crippen LogP) is 1.34. The Bertz CT molecular complexity index is 241. The third kappa shape index (κ3) is 1.54. The van der Waals surface area contributed by atoms with E-state index in [-0.39, 0.29) is 12.2 Å². The lowest BCUT2D eigenvalue weighted by Crippen LogP contribution is -2.37. The van der Waals surface area contributed by atoms with Crippen molar-refractivity contribution in [2.75, 3.05) is 0 Å². The van der Waals surface area contributed by atoms with Gasteiger partial charge in [0.2, 0.25) is 5.91 Å². The van der Waals surface area contributed by atoms with Gasteiger partial charge in [-0.1, -0.05) is 20.3 Å². The van der Waals surface area contributed by atoms with Crippen molar-refractivity contribution >= 4 is 5.91 Å². The summed E-state index contributed by atoms with van der Waals surface area (Å²) in [6.07, 6.45) is 3.48. The molecule has 0 bridgehead atoms. The Labute approximate surface area is 85.8 Å². The number of hydrogen-bond donors (Lipinski definition) is 1. The summed E-state index contributed by atoms with van der Waals surface area (Å²) in [6.45, 7) is 6.44. The van der Waals surface area contributed by atoms with E-state index in [9.17, 15) is 4.79 Å². The van der Waals surface area contributed by atoms with Crippen LogP contribution >= 0.6 is 0 Å². The minimum atomic E-state index is 0.0859. The van der Waals surface area contributed by atoms with Gasteiger partial charge in [0.25, 0.3) is 0 Å². The van der Waals surface area contributed by atoms with Crippen molar-refractivity contribution in [1.82, 2.24) is 10.2 Å². The van der Waals surface area contributed by atoms with Crippen molar-refractivity contribution in [3.63, 3.8) is 0 Å². The first-order chi connectivity index (χ1) is 6.65. The Morgan fingerprint density at radius 1 is 1.50 bits per heavy atom. The summed E-state index contributed by atoms with van der Waals surface area (Å²) in [4.78, 5) is 14.1. The van der Waals surface area contributed by atoms with Crippen molar-refractivity contribution in [2.24, 2.45) is 5.92 Å². The summed E-state index contributed by atoms with van der Waals surface area (Å²) in [5.74, 6) is 1.04. The zero-order chi connectivity index (χ0) is 10.3. The zero-order valence-corrected chi connectivity index (χ0v) is 9.29. The molecule has 2 aliphatic rings. The molecule has 0 radical (unpaired) electrons. The van der Waals surface area contributed by atoms with Crippen LogP contribution in [0.3, 0.4) is 0 Å². The molecule has 1 saturated heterocycles. The topological polar surface area (TPSA) is 32.3 Å². The fourth-order valence-corrected chi connectivity index (χ4v) is 2.45. The average molecular weight is 196 g/mol. The maximum absolute atomic E-state index is 12.0. The molecule has 1 heterocycles. The van der Waals surface area contributed by atoms with Gasteiger partial charge in [-0.2, -0.15) is 0 Å². The molecule has 4 unspecified atom stereocenters. The largest absolute Gasteiger partial charge is 0.323 e. The minimum absolute atomic E-state index is 0.0859. The molecule has 1 N–H and O–H groups in total. The molecule has 1 saturated carbocycles. The van der Waals surface area contributed by atoms with Gasteiger partial charge in [0.15, 0.2) is 0 Å². The second-order valence-corrected chi connectivity index (χ2v) is 4.71. The van der Waals surface area contributed by atoms with Gasteiger partial charge in [-0.05, 0) is 25.7 Å². The summed E-state index contributed by atoms with van der Waals surface area (Å²) >= 11 is 0. The minimum Gasteiger partial charge on any atom is -0.323 e. The molecule has 4 atom stereocenters. The highest BCUT2D eigenvalue weighted by Crippen LogP contribution is 2.38. The van der Waals surface area contributed by atoms with E-state index >= 15 is 0 Å². The van der Waals surface area contributed by atoms with Crippen LogP contribution in [0.25, 0.3) is 0 Å². The molecule has 1 aliphatic carbocycles. The van der Waals surface area contributed by atoms with Gasteiger partial charge in [0.1, 0.15) is 0 Å². The molecule has 3 nitrogen and oxygen atoms in total. The van der Waals surface area contributed by atoms with Gasteiger partial charge in [0, 0.05) is 6.04 Å². The van der Waals surface area contributed by atoms with E-state index in [2.05, 4.69) is 31.0 Å². The monoisotopic (exact) mass is 196 g/mol. The molecule has 1 aliphatic heterocycles. The van der Waals surface area contributed by atoms with Crippen LogP contribution in [-0.4, -0.2) is 29.1 Å². The van der Waals surface area contributed by atoms with Gasteiger partial charge >= 0.3 is 0 Å². The van der Waals surface area contributed by atoms with Crippen LogP contribution in [-0.2, 0) is 4.79 Å². The molecule has 3 heteroatoms. The molecule has 2 rings (SSSR count). The van der Waals surface area contributed by atoms with Crippen LogP contribution in [0.4, 0.5) is 0 Å². The molecule has 0 spiro atoms. The number of amides is 1. The maximum atomic E-state index is 12.0. The van der Waals surface area contributed by atoms with Crippen LogP contribution < -0.4 is 5.32 Å². The Balaban J connectivity index is 2.01. The van der Waals surface area contributed by atoms with Gasteiger partial charge in [-0.15, -0.1) is 0 Å². The Kier molecular flexibility index (Phi) is 2.52. The zero-order valence-electron chi connectivity index (χ0n) is 9.29. The second kappa shape index (κ2) is 3.54.